The Morgan fingerprint density at radius 3 is 2.52 bits per heavy atom. The third kappa shape index (κ3) is 5.35. The summed E-state index contributed by atoms with van der Waals surface area (Å²) in [7, 11) is 0. The van der Waals surface area contributed by atoms with Crippen LogP contribution in [0.25, 0.3) is 0 Å². The Labute approximate surface area is 171 Å². The second-order valence-electron chi connectivity index (χ2n) is 7.31. The first-order valence-corrected chi connectivity index (χ1v) is 10.1. The van der Waals surface area contributed by atoms with E-state index in [4.69, 9.17) is 4.74 Å². The highest BCUT2D eigenvalue weighted by atomic mass is 16.5. The molecule has 1 heterocycles. The van der Waals surface area contributed by atoms with Gasteiger partial charge in [0.25, 0.3) is 5.91 Å². The number of hydrogen-bond donors (Lipinski definition) is 2. The van der Waals surface area contributed by atoms with Crippen molar-refractivity contribution >= 4 is 17.4 Å². The first-order valence-electron chi connectivity index (χ1n) is 10.1. The molecular weight excluding hydrogens is 362 g/mol. The van der Waals surface area contributed by atoms with Crippen molar-refractivity contribution in [2.24, 2.45) is 0 Å². The predicted molar refractivity (Wildman–Crippen MR) is 115 cm³/mol. The van der Waals surface area contributed by atoms with Crippen molar-refractivity contribution in [3.8, 4) is 5.75 Å². The third-order valence-corrected chi connectivity index (χ3v) is 5.09. The molecule has 1 amide bonds. The normalized spacial score (nSPS) is 13.8. The van der Waals surface area contributed by atoms with Crippen LogP contribution in [0.5, 0.6) is 5.75 Å². The number of carbonyl (C=O) groups is 1. The highest BCUT2D eigenvalue weighted by Crippen LogP contribution is 2.22. The number of nitrogens with zero attached hydrogens (tertiary/aromatic N) is 1. The van der Waals surface area contributed by atoms with E-state index in [0.717, 1.165) is 35.7 Å². The summed E-state index contributed by atoms with van der Waals surface area (Å²) in [6.07, 6.45) is 6.51. The average molecular weight is 387 g/mol. The summed E-state index contributed by atoms with van der Waals surface area (Å²) in [5.41, 5.74) is 2.43. The Hall–Kier alpha value is -3.34. The number of aromatic nitrogens is 1. The molecule has 1 fully saturated rings. The molecule has 2 N–H and O–H groups in total. The van der Waals surface area contributed by atoms with Gasteiger partial charge in [0, 0.05) is 23.5 Å². The second-order valence-corrected chi connectivity index (χ2v) is 7.31. The third-order valence-electron chi connectivity index (χ3n) is 5.09. The summed E-state index contributed by atoms with van der Waals surface area (Å²) in [4.78, 5) is 16.9. The van der Waals surface area contributed by atoms with Crippen LogP contribution in [0.2, 0.25) is 0 Å². The molecule has 0 radical (unpaired) electrons. The maximum atomic E-state index is 12.6. The number of ether oxygens (including phenoxy) is 1. The number of pyridine rings is 1. The van der Waals surface area contributed by atoms with Crippen LogP contribution < -0.4 is 15.4 Å². The first kappa shape index (κ1) is 19.0. The summed E-state index contributed by atoms with van der Waals surface area (Å²) >= 11 is 0. The Kier molecular flexibility index (Phi) is 6.05. The molecule has 5 nitrogen and oxygen atoms in total. The van der Waals surface area contributed by atoms with E-state index < -0.39 is 0 Å². The van der Waals surface area contributed by atoms with Crippen molar-refractivity contribution in [1.82, 2.24) is 4.98 Å². The molecule has 0 atom stereocenters. The molecule has 29 heavy (non-hydrogen) atoms. The Bertz CT molecular complexity index is 936. The van der Waals surface area contributed by atoms with E-state index in [9.17, 15) is 4.79 Å². The maximum absolute atomic E-state index is 12.6. The van der Waals surface area contributed by atoms with Gasteiger partial charge in [0.1, 0.15) is 18.2 Å². The van der Waals surface area contributed by atoms with E-state index in [-0.39, 0.29) is 5.91 Å². The van der Waals surface area contributed by atoms with Gasteiger partial charge < -0.3 is 15.4 Å². The molecule has 0 unspecified atom stereocenters. The molecular formula is C24H25N3O2. The minimum Gasteiger partial charge on any atom is -0.489 e. The fourth-order valence-corrected chi connectivity index (χ4v) is 3.51. The van der Waals surface area contributed by atoms with Gasteiger partial charge in [-0.05, 0) is 54.8 Å². The minimum absolute atomic E-state index is 0.153. The lowest BCUT2D eigenvalue weighted by Crippen LogP contribution is -2.17. The van der Waals surface area contributed by atoms with Crippen molar-refractivity contribution in [3.63, 3.8) is 0 Å². The van der Waals surface area contributed by atoms with Crippen molar-refractivity contribution in [2.45, 2.75) is 38.3 Å². The van der Waals surface area contributed by atoms with Gasteiger partial charge in [0.15, 0.2) is 0 Å². The van der Waals surface area contributed by atoms with Crippen LogP contribution in [0.15, 0.2) is 72.9 Å². The number of benzene rings is 2. The van der Waals surface area contributed by atoms with Crippen LogP contribution in [0.4, 0.5) is 11.5 Å². The maximum Gasteiger partial charge on any atom is 0.255 e. The monoisotopic (exact) mass is 387 g/mol. The standard InChI is InChI=1S/C24H25N3O2/c28-24(19-14-15-25-23(16-19)26-20-8-4-5-9-20)27-21-10-12-22(13-11-21)29-17-18-6-2-1-3-7-18/h1-3,6-7,10-16,20H,4-5,8-9,17H2,(H,25,26)(H,27,28). The van der Waals surface area contributed by atoms with Gasteiger partial charge in [0.05, 0.1) is 0 Å². The first-order chi connectivity index (χ1) is 14.3. The molecule has 2 aromatic carbocycles. The summed E-state index contributed by atoms with van der Waals surface area (Å²) in [5, 5.41) is 6.36. The number of nitrogens with one attached hydrogen (secondary N) is 2. The predicted octanol–water partition coefficient (Wildman–Crippen LogP) is 5.27. The Morgan fingerprint density at radius 1 is 1.00 bits per heavy atom. The van der Waals surface area contributed by atoms with Gasteiger partial charge in [-0.2, -0.15) is 0 Å². The molecule has 0 saturated heterocycles. The molecule has 0 aliphatic heterocycles. The molecule has 0 bridgehead atoms. The summed E-state index contributed by atoms with van der Waals surface area (Å²) in [5.74, 6) is 1.37. The Morgan fingerprint density at radius 2 is 1.76 bits per heavy atom. The van der Waals surface area contributed by atoms with Crippen molar-refractivity contribution < 1.29 is 9.53 Å². The molecule has 5 heteroatoms. The highest BCUT2D eigenvalue weighted by Gasteiger charge is 2.15. The summed E-state index contributed by atoms with van der Waals surface area (Å²) in [6.45, 7) is 0.514. The van der Waals surface area contributed by atoms with Crippen LogP contribution in [0.1, 0.15) is 41.6 Å². The van der Waals surface area contributed by atoms with Crippen LogP contribution >= 0.6 is 0 Å². The van der Waals surface area contributed by atoms with Crippen molar-refractivity contribution in [2.75, 3.05) is 10.6 Å². The van der Waals surface area contributed by atoms with Gasteiger partial charge in [-0.3, -0.25) is 4.79 Å². The lowest BCUT2D eigenvalue weighted by molar-refractivity contribution is 0.102. The molecule has 1 aliphatic rings. The molecule has 148 valence electrons. The smallest absolute Gasteiger partial charge is 0.255 e. The van der Waals surface area contributed by atoms with Crippen LogP contribution in [-0.4, -0.2) is 16.9 Å². The highest BCUT2D eigenvalue weighted by molar-refractivity contribution is 6.04. The van der Waals surface area contributed by atoms with Crippen LogP contribution in [0.3, 0.4) is 0 Å². The average Bonchev–Trinajstić information content (AvgIpc) is 3.27. The molecule has 4 rings (SSSR count). The minimum atomic E-state index is -0.153. The number of carbonyl (C=O) groups excluding carboxylic acids is 1. The van der Waals surface area contributed by atoms with Gasteiger partial charge in [-0.25, -0.2) is 4.98 Å². The quantitative estimate of drug-likeness (QED) is 0.580. The zero-order chi connectivity index (χ0) is 19.9. The van der Waals surface area contributed by atoms with E-state index in [2.05, 4.69) is 15.6 Å². The molecule has 1 saturated carbocycles. The van der Waals surface area contributed by atoms with Crippen LogP contribution in [-0.2, 0) is 6.61 Å². The van der Waals surface area contributed by atoms with Gasteiger partial charge >= 0.3 is 0 Å². The number of rotatable bonds is 7. The summed E-state index contributed by atoms with van der Waals surface area (Å²) in [6, 6.07) is 21.4. The van der Waals surface area contributed by atoms with E-state index >= 15 is 0 Å². The second kappa shape index (κ2) is 9.24. The van der Waals surface area contributed by atoms with Gasteiger partial charge in [-0.15, -0.1) is 0 Å². The zero-order valence-corrected chi connectivity index (χ0v) is 16.3. The fourth-order valence-electron chi connectivity index (χ4n) is 3.51. The van der Waals surface area contributed by atoms with E-state index in [0.29, 0.717) is 18.2 Å². The molecule has 1 aliphatic carbocycles. The SMILES string of the molecule is O=C(Nc1ccc(OCc2ccccc2)cc1)c1ccnc(NC2CCCC2)c1. The van der Waals surface area contributed by atoms with E-state index in [1.807, 2.05) is 60.7 Å². The van der Waals surface area contributed by atoms with E-state index in [1.165, 1.54) is 12.8 Å². The largest absolute Gasteiger partial charge is 0.489 e. The molecule has 1 aromatic heterocycles. The lowest BCUT2D eigenvalue weighted by Gasteiger charge is -2.13. The number of hydrogen-bond acceptors (Lipinski definition) is 4. The van der Waals surface area contributed by atoms with Crippen LogP contribution in [0, 0.1) is 0 Å². The van der Waals surface area contributed by atoms with E-state index in [1.54, 1.807) is 12.3 Å². The number of anilines is 2. The van der Waals surface area contributed by atoms with Gasteiger partial charge in [0.2, 0.25) is 0 Å². The van der Waals surface area contributed by atoms with Crippen molar-refractivity contribution in [3.05, 3.63) is 84.1 Å². The number of amides is 1. The molecule has 3 aromatic rings. The Balaban J connectivity index is 1.33. The lowest BCUT2D eigenvalue weighted by atomic mass is 10.2. The molecule has 0 spiro atoms. The fraction of sp³-hybridized carbons (Fsp3) is 0.250. The summed E-state index contributed by atoms with van der Waals surface area (Å²) < 4.78 is 5.79. The van der Waals surface area contributed by atoms with Gasteiger partial charge in [-0.1, -0.05) is 43.2 Å². The topological polar surface area (TPSA) is 63.2 Å². The van der Waals surface area contributed by atoms with Crippen molar-refractivity contribution in [1.29, 1.82) is 0 Å². The zero-order valence-electron chi connectivity index (χ0n) is 16.3.